The van der Waals surface area contributed by atoms with Crippen molar-refractivity contribution in [3.05, 3.63) is 34.4 Å². The monoisotopic (exact) mass is 293 g/mol. The molecule has 1 heterocycles. The summed E-state index contributed by atoms with van der Waals surface area (Å²) in [5.41, 5.74) is 5.62. The van der Waals surface area contributed by atoms with Crippen molar-refractivity contribution in [2.75, 3.05) is 19.4 Å². The number of ether oxygens (including phenoxy) is 1. The number of nitrogens with one attached hydrogen (secondary N) is 1. The molecule has 1 aromatic carbocycles. The minimum Gasteiger partial charge on any atom is -0.377 e. The highest BCUT2D eigenvalue weighted by Gasteiger charge is 2.26. The van der Waals surface area contributed by atoms with Crippen LogP contribution in [0.2, 0.25) is 0 Å². The summed E-state index contributed by atoms with van der Waals surface area (Å²) in [6.07, 6.45) is 1.59. The van der Waals surface area contributed by atoms with Crippen molar-refractivity contribution in [2.45, 2.75) is 51.5 Å². The predicted octanol–water partition coefficient (Wildman–Crippen LogP) is 3.78. The first kappa shape index (κ1) is 15.9. The van der Waals surface area contributed by atoms with Gasteiger partial charge in [0.2, 0.25) is 0 Å². The van der Waals surface area contributed by atoms with Gasteiger partial charge in [0, 0.05) is 23.7 Å². The molecule has 20 heavy (non-hydrogen) atoms. The molecule has 1 saturated heterocycles. The fourth-order valence-corrected chi connectivity index (χ4v) is 4.59. The van der Waals surface area contributed by atoms with E-state index in [-0.39, 0.29) is 0 Å². The zero-order valence-electron chi connectivity index (χ0n) is 13.3. The van der Waals surface area contributed by atoms with E-state index in [1.165, 1.54) is 28.7 Å². The second-order valence-corrected chi connectivity index (χ2v) is 7.16. The van der Waals surface area contributed by atoms with Crippen LogP contribution < -0.4 is 5.32 Å². The first-order chi connectivity index (χ1) is 9.52. The zero-order chi connectivity index (χ0) is 14.7. The van der Waals surface area contributed by atoms with Crippen molar-refractivity contribution in [1.82, 2.24) is 5.32 Å². The SMILES string of the molecule is CNC(CSC1CCOC1C)c1c(C)cc(C)cc1C. The lowest BCUT2D eigenvalue weighted by Gasteiger charge is -2.23. The van der Waals surface area contributed by atoms with Gasteiger partial charge in [0.25, 0.3) is 0 Å². The summed E-state index contributed by atoms with van der Waals surface area (Å²) >= 11 is 2.05. The summed E-state index contributed by atoms with van der Waals surface area (Å²) in [6, 6.07) is 5.01. The van der Waals surface area contributed by atoms with Crippen LogP contribution in [-0.2, 0) is 4.74 Å². The second kappa shape index (κ2) is 6.97. The van der Waals surface area contributed by atoms with Gasteiger partial charge < -0.3 is 10.1 Å². The van der Waals surface area contributed by atoms with Crippen LogP contribution in [0.15, 0.2) is 12.1 Å². The molecule has 0 radical (unpaired) electrons. The van der Waals surface area contributed by atoms with Crippen LogP contribution in [0.25, 0.3) is 0 Å². The van der Waals surface area contributed by atoms with E-state index >= 15 is 0 Å². The van der Waals surface area contributed by atoms with E-state index in [0.29, 0.717) is 17.4 Å². The maximum Gasteiger partial charge on any atom is 0.0666 e. The van der Waals surface area contributed by atoms with Crippen LogP contribution in [0.4, 0.5) is 0 Å². The van der Waals surface area contributed by atoms with Gasteiger partial charge in [0.15, 0.2) is 0 Å². The van der Waals surface area contributed by atoms with E-state index in [0.717, 1.165) is 12.4 Å². The molecule has 0 aromatic heterocycles. The highest BCUT2D eigenvalue weighted by atomic mass is 32.2. The second-order valence-electron chi connectivity index (χ2n) is 5.89. The fourth-order valence-electron chi connectivity index (χ4n) is 3.20. The summed E-state index contributed by atoms with van der Waals surface area (Å²) in [7, 11) is 2.07. The van der Waals surface area contributed by atoms with Gasteiger partial charge in [0.1, 0.15) is 0 Å². The van der Waals surface area contributed by atoms with E-state index in [1.807, 2.05) is 0 Å². The third-order valence-electron chi connectivity index (χ3n) is 4.22. The molecule has 1 aromatic rings. The van der Waals surface area contributed by atoms with Gasteiger partial charge in [-0.15, -0.1) is 0 Å². The number of rotatable bonds is 5. The Morgan fingerprint density at radius 2 is 1.95 bits per heavy atom. The topological polar surface area (TPSA) is 21.3 Å². The van der Waals surface area contributed by atoms with Crippen LogP contribution in [0.1, 0.15) is 41.6 Å². The third-order valence-corrected chi connectivity index (χ3v) is 5.79. The number of hydrogen-bond donors (Lipinski definition) is 1. The first-order valence-corrected chi connectivity index (χ1v) is 8.56. The highest BCUT2D eigenvalue weighted by molar-refractivity contribution is 8.00. The Hall–Kier alpha value is -0.510. The lowest BCUT2D eigenvalue weighted by Crippen LogP contribution is -2.23. The van der Waals surface area contributed by atoms with Crippen LogP contribution >= 0.6 is 11.8 Å². The van der Waals surface area contributed by atoms with E-state index in [2.05, 4.69) is 64.0 Å². The van der Waals surface area contributed by atoms with Gasteiger partial charge in [-0.05, 0) is 57.9 Å². The third kappa shape index (κ3) is 3.57. The highest BCUT2D eigenvalue weighted by Crippen LogP contribution is 2.32. The molecule has 1 aliphatic rings. The summed E-state index contributed by atoms with van der Waals surface area (Å²) in [6.45, 7) is 9.74. The molecule has 0 spiro atoms. The largest absolute Gasteiger partial charge is 0.377 e. The minimum absolute atomic E-state index is 0.401. The maximum atomic E-state index is 5.66. The number of aryl methyl sites for hydroxylation is 3. The lowest BCUT2D eigenvalue weighted by molar-refractivity contribution is 0.127. The van der Waals surface area contributed by atoms with Crippen LogP contribution in [0.5, 0.6) is 0 Å². The average Bonchev–Trinajstić information content (AvgIpc) is 2.78. The zero-order valence-corrected chi connectivity index (χ0v) is 14.1. The van der Waals surface area contributed by atoms with Crippen molar-refractivity contribution >= 4 is 11.8 Å². The Morgan fingerprint density at radius 1 is 1.30 bits per heavy atom. The molecular weight excluding hydrogens is 266 g/mol. The maximum absolute atomic E-state index is 5.66. The molecule has 112 valence electrons. The molecule has 0 saturated carbocycles. The summed E-state index contributed by atoms with van der Waals surface area (Å²) in [4.78, 5) is 0. The molecule has 2 rings (SSSR count). The summed E-state index contributed by atoms with van der Waals surface area (Å²) < 4.78 is 5.66. The molecule has 0 amide bonds. The fraction of sp³-hybridized carbons (Fsp3) is 0.647. The molecule has 3 heteroatoms. The normalized spacial score (nSPS) is 24.1. The number of thioether (sulfide) groups is 1. The van der Waals surface area contributed by atoms with Gasteiger partial charge in [-0.1, -0.05) is 17.7 Å². The Kier molecular flexibility index (Phi) is 5.53. The van der Waals surface area contributed by atoms with E-state index < -0.39 is 0 Å². The van der Waals surface area contributed by atoms with E-state index in [4.69, 9.17) is 4.74 Å². The van der Waals surface area contributed by atoms with Gasteiger partial charge >= 0.3 is 0 Å². The Bertz CT molecular complexity index is 437. The molecule has 2 nitrogen and oxygen atoms in total. The van der Waals surface area contributed by atoms with E-state index in [9.17, 15) is 0 Å². The molecule has 1 aliphatic heterocycles. The summed E-state index contributed by atoms with van der Waals surface area (Å²) in [5.74, 6) is 1.11. The van der Waals surface area contributed by atoms with Crippen molar-refractivity contribution in [2.24, 2.45) is 0 Å². The summed E-state index contributed by atoms with van der Waals surface area (Å²) in [5, 5.41) is 4.15. The molecule has 1 N–H and O–H groups in total. The predicted molar refractivity (Wildman–Crippen MR) is 88.7 cm³/mol. The average molecular weight is 293 g/mol. The molecule has 3 atom stereocenters. The van der Waals surface area contributed by atoms with Gasteiger partial charge in [0.05, 0.1) is 6.10 Å². The van der Waals surface area contributed by atoms with Gasteiger partial charge in [-0.25, -0.2) is 0 Å². The lowest BCUT2D eigenvalue weighted by atomic mass is 9.95. The van der Waals surface area contributed by atoms with Crippen molar-refractivity contribution in [1.29, 1.82) is 0 Å². The van der Waals surface area contributed by atoms with Crippen LogP contribution in [-0.4, -0.2) is 30.8 Å². The van der Waals surface area contributed by atoms with Crippen molar-refractivity contribution < 1.29 is 4.74 Å². The number of benzene rings is 1. The Balaban J connectivity index is 2.08. The first-order valence-electron chi connectivity index (χ1n) is 7.51. The number of hydrogen-bond acceptors (Lipinski definition) is 3. The van der Waals surface area contributed by atoms with Crippen molar-refractivity contribution in [3.8, 4) is 0 Å². The molecule has 1 fully saturated rings. The molecular formula is C17H27NOS. The standard InChI is InChI=1S/C17H27NOS/c1-11-8-12(2)17(13(3)9-11)15(18-5)10-20-16-6-7-19-14(16)4/h8-9,14-16,18H,6-7,10H2,1-5H3. The van der Waals surface area contributed by atoms with Crippen LogP contribution in [0, 0.1) is 20.8 Å². The van der Waals surface area contributed by atoms with E-state index in [1.54, 1.807) is 0 Å². The Labute approximate surface area is 127 Å². The molecule has 3 unspecified atom stereocenters. The smallest absolute Gasteiger partial charge is 0.0666 e. The molecule has 0 bridgehead atoms. The van der Waals surface area contributed by atoms with Crippen molar-refractivity contribution in [3.63, 3.8) is 0 Å². The van der Waals surface area contributed by atoms with Crippen LogP contribution in [0.3, 0.4) is 0 Å². The Morgan fingerprint density at radius 3 is 2.45 bits per heavy atom. The van der Waals surface area contributed by atoms with Gasteiger partial charge in [-0.2, -0.15) is 11.8 Å². The quantitative estimate of drug-likeness (QED) is 0.892. The minimum atomic E-state index is 0.401. The molecule has 0 aliphatic carbocycles. The van der Waals surface area contributed by atoms with Gasteiger partial charge in [-0.3, -0.25) is 0 Å².